The Bertz CT molecular complexity index is 461. The second-order valence-corrected chi connectivity index (χ2v) is 7.22. The monoisotopic (exact) mass is 277 g/mol. The van der Waals surface area contributed by atoms with Crippen LogP contribution in [0.15, 0.2) is 18.3 Å². The minimum absolute atomic E-state index is 0.229. The highest BCUT2D eigenvalue weighted by Crippen LogP contribution is 2.36. The maximum atomic E-state index is 5.97. The van der Waals surface area contributed by atoms with Gasteiger partial charge in [-0.3, -0.25) is 4.98 Å². The van der Waals surface area contributed by atoms with Crippen molar-refractivity contribution in [1.82, 2.24) is 4.98 Å². The highest BCUT2D eigenvalue weighted by molar-refractivity contribution is 6.61. The van der Waals surface area contributed by atoms with Gasteiger partial charge in [-0.2, -0.15) is 0 Å². The Morgan fingerprint density at radius 2 is 1.60 bits per heavy atom. The largest absolute Gasteiger partial charge is 0.514 e. The first-order valence-electron chi connectivity index (χ1n) is 7.01. The molecule has 2 heterocycles. The second kappa shape index (κ2) is 4.74. The van der Waals surface area contributed by atoms with Crippen molar-refractivity contribution in [2.45, 2.75) is 65.3 Å². The normalized spacial score (nSPS) is 21.1. The fraction of sp³-hybridized carbons (Fsp3) is 0.667. The van der Waals surface area contributed by atoms with E-state index in [4.69, 9.17) is 14.0 Å². The molecule has 0 amide bonds. The van der Waals surface area contributed by atoms with E-state index in [0.29, 0.717) is 0 Å². The molecule has 1 aromatic rings. The van der Waals surface area contributed by atoms with Crippen LogP contribution in [0.3, 0.4) is 0 Å². The molecular weight excluding hydrogens is 253 g/mol. The number of rotatable bonds is 2. The van der Waals surface area contributed by atoms with Crippen LogP contribution in [0.5, 0.6) is 5.75 Å². The molecule has 0 saturated carbocycles. The van der Waals surface area contributed by atoms with E-state index in [1.165, 1.54) is 0 Å². The summed E-state index contributed by atoms with van der Waals surface area (Å²) in [5.41, 5.74) is -0.155. The molecule has 0 N–H and O–H groups in total. The Morgan fingerprint density at radius 3 is 2.00 bits per heavy atom. The topological polar surface area (TPSA) is 40.6 Å². The van der Waals surface area contributed by atoms with Crippen LogP contribution in [0.2, 0.25) is 0 Å². The molecule has 4 nitrogen and oxygen atoms in total. The summed E-state index contributed by atoms with van der Waals surface area (Å²) in [5, 5.41) is 0. The van der Waals surface area contributed by atoms with E-state index in [1.54, 1.807) is 6.20 Å². The number of aromatic nitrogens is 1. The molecule has 1 fully saturated rings. The summed E-state index contributed by atoms with van der Waals surface area (Å²) in [6.45, 7) is 14.2. The van der Waals surface area contributed by atoms with Gasteiger partial charge in [-0.1, -0.05) is 0 Å². The van der Waals surface area contributed by atoms with Crippen molar-refractivity contribution < 1.29 is 14.0 Å². The third-order valence-corrected chi connectivity index (χ3v) is 3.68. The molecule has 1 aromatic heterocycles. The van der Waals surface area contributed by atoms with Crippen LogP contribution < -0.4 is 10.3 Å². The molecule has 2 rings (SSSR count). The lowest BCUT2D eigenvalue weighted by atomic mass is 9.84. The molecule has 0 radical (unpaired) electrons. The lowest BCUT2D eigenvalue weighted by molar-refractivity contribution is 0.00578. The molecule has 110 valence electrons. The van der Waals surface area contributed by atoms with Gasteiger partial charge in [0.2, 0.25) is 0 Å². The molecular formula is C15H24BNO3. The van der Waals surface area contributed by atoms with Gasteiger partial charge in [-0.25, -0.2) is 0 Å². The van der Waals surface area contributed by atoms with Gasteiger partial charge in [-0.15, -0.1) is 0 Å². The molecule has 1 aliphatic rings. The zero-order valence-electron chi connectivity index (χ0n) is 13.5. The number of nitrogens with zero attached hydrogens (tertiary/aromatic N) is 1. The van der Waals surface area contributed by atoms with Crippen LogP contribution in [0, 0.1) is 0 Å². The molecule has 0 bridgehead atoms. The molecule has 0 aromatic carbocycles. The first kappa shape index (κ1) is 15.3. The zero-order valence-corrected chi connectivity index (χ0v) is 13.5. The summed E-state index contributed by atoms with van der Waals surface area (Å²) >= 11 is 0. The third-order valence-electron chi connectivity index (χ3n) is 3.68. The van der Waals surface area contributed by atoms with Crippen LogP contribution in [0.25, 0.3) is 0 Å². The van der Waals surface area contributed by atoms with Crippen molar-refractivity contribution in [2.24, 2.45) is 0 Å². The highest BCUT2D eigenvalue weighted by atomic mass is 16.7. The van der Waals surface area contributed by atoms with Gasteiger partial charge in [0.15, 0.2) is 0 Å². The lowest BCUT2D eigenvalue weighted by Crippen LogP contribution is -2.41. The van der Waals surface area contributed by atoms with Crippen molar-refractivity contribution in [3.8, 4) is 5.75 Å². The first-order chi connectivity index (χ1) is 9.00. The summed E-state index contributed by atoms with van der Waals surface area (Å²) < 4.78 is 17.7. The van der Waals surface area contributed by atoms with E-state index < -0.39 is 7.12 Å². The Morgan fingerprint density at radius 1 is 1.05 bits per heavy atom. The van der Waals surface area contributed by atoms with Crippen LogP contribution in [-0.4, -0.2) is 28.9 Å². The predicted octanol–water partition coefficient (Wildman–Crippen LogP) is 2.56. The van der Waals surface area contributed by atoms with Gasteiger partial charge in [0.25, 0.3) is 0 Å². The number of pyridine rings is 1. The summed E-state index contributed by atoms with van der Waals surface area (Å²) in [4.78, 5) is 4.40. The number of hydrogen-bond acceptors (Lipinski definition) is 4. The Hall–Kier alpha value is -1.07. The molecule has 20 heavy (non-hydrogen) atoms. The Labute approximate surface area is 122 Å². The molecule has 5 heteroatoms. The van der Waals surface area contributed by atoms with Crippen LogP contribution in [-0.2, 0) is 9.31 Å². The van der Waals surface area contributed by atoms with Crippen LogP contribution >= 0.6 is 0 Å². The second-order valence-electron chi connectivity index (χ2n) is 7.22. The zero-order chi connectivity index (χ0) is 15.2. The first-order valence-corrected chi connectivity index (χ1v) is 7.01. The summed E-state index contributed by atoms with van der Waals surface area (Å²) in [6.07, 6.45) is 1.71. The van der Waals surface area contributed by atoms with Gasteiger partial charge < -0.3 is 14.0 Å². The van der Waals surface area contributed by atoms with Crippen molar-refractivity contribution in [3.05, 3.63) is 18.3 Å². The van der Waals surface area contributed by atoms with E-state index in [2.05, 4.69) is 4.98 Å². The van der Waals surface area contributed by atoms with Gasteiger partial charge in [-0.05, 0) is 60.6 Å². The summed E-state index contributed by atoms with van der Waals surface area (Å²) in [5.74, 6) is 0.748. The van der Waals surface area contributed by atoms with Crippen molar-refractivity contribution in [1.29, 1.82) is 0 Å². The molecule has 0 atom stereocenters. The predicted molar refractivity (Wildman–Crippen MR) is 80.3 cm³/mol. The minimum atomic E-state index is -0.427. The molecule has 0 spiro atoms. The van der Waals surface area contributed by atoms with E-state index >= 15 is 0 Å². The summed E-state index contributed by atoms with van der Waals surface area (Å²) in [7, 11) is -0.427. The molecule has 1 aliphatic heterocycles. The van der Waals surface area contributed by atoms with E-state index in [-0.39, 0.29) is 16.8 Å². The maximum Gasteiger partial charge on any atom is 0.514 e. The fourth-order valence-corrected chi connectivity index (χ4v) is 1.91. The van der Waals surface area contributed by atoms with Gasteiger partial charge >= 0.3 is 7.12 Å². The van der Waals surface area contributed by atoms with E-state index in [1.807, 2.05) is 60.6 Å². The fourth-order valence-electron chi connectivity index (χ4n) is 1.91. The number of hydrogen-bond donors (Lipinski definition) is 0. The quantitative estimate of drug-likeness (QED) is 0.779. The molecule has 0 aliphatic carbocycles. The molecule has 1 saturated heterocycles. The number of ether oxygens (including phenoxy) is 1. The third kappa shape index (κ3) is 3.15. The van der Waals surface area contributed by atoms with Crippen molar-refractivity contribution in [2.75, 3.05) is 0 Å². The highest BCUT2D eigenvalue weighted by Gasteiger charge is 2.52. The smallest absolute Gasteiger partial charge is 0.487 e. The minimum Gasteiger partial charge on any atom is -0.487 e. The van der Waals surface area contributed by atoms with Crippen LogP contribution in [0.1, 0.15) is 48.5 Å². The van der Waals surface area contributed by atoms with Crippen molar-refractivity contribution in [3.63, 3.8) is 0 Å². The van der Waals surface area contributed by atoms with Gasteiger partial charge in [0.05, 0.1) is 23.0 Å². The lowest BCUT2D eigenvalue weighted by Gasteiger charge is -2.32. The molecule has 0 unspecified atom stereocenters. The average molecular weight is 277 g/mol. The average Bonchev–Trinajstić information content (AvgIpc) is 2.47. The van der Waals surface area contributed by atoms with Gasteiger partial charge in [0, 0.05) is 0 Å². The van der Waals surface area contributed by atoms with Gasteiger partial charge in [0.1, 0.15) is 11.4 Å². The SMILES string of the molecule is CC(C)(C)Oc1ccc(B2OC(C)(C)C(C)(C)O2)nc1. The van der Waals surface area contributed by atoms with Crippen molar-refractivity contribution >= 4 is 12.7 Å². The Kier molecular flexibility index (Phi) is 3.63. The Balaban J connectivity index is 2.12. The standard InChI is InChI=1S/C15H24BNO3/c1-13(2,3)18-11-8-9-12(17-10-11)16-19-14(4,5)15(6,7)20-16/h8-10H,1-7H3. The summed E-state index contributed by atoms with van der Waals surface area (Å²) in [6, 6.07) is 3.79. The van der Waals surface area contributed by atoms with E-state index in [0.717, 1.165) is 11.3 Å². The van der Waals surface area contributed by atoms with E-state index in [9.17, 15) is 0 Å². The maximum absolute atomic E-state index is 5.97. The van der Waals surface area contributed by atoms with Crippen LogP contribution in [0.4, 0.5) is 0 Å².